The zero-order valence-corrected chi connectivity index (χ0v) is 54.2. The molecular weight excluding hydrogens is 1070 g/mol. The normalized spacial score (nSPS) is 16.5. The van der Waals surface area contributed by atoms with Crippen LogP contribution in [0.25, 0.3) is 45.1 Å². The number of rotatable bonds is 7. The van der Waals surface area contributed by atoms with Gasteiger partial charge in [0.15, 0.2) is 8.07 Å². The highest BCUT2D eigenvalue weighted by Crippen LogP contribution is 2.54. The largest absolute Gasteiger partial charge is 0.457 e. The first-order valence-corrected chi connectivity index (χ1v) is 35.9. The Morgan fingerprint density at radius 1 is 0.482 bits per heavy atom. The van der Waals surface area contributed by atoms with Crippen molar-refractivity contribution in [3.8, 4) is 39.6 Å². The second kappa shape index (κ2) is 19.3. The fourth-order valence-electron chi connectivity index (χ4n) is 14.8. The van der Waals surface area contributed by atoms with E-state index in [1.807, 2.05) is 6.20 Å². The standard InChI is InChI=1S/C78H80N4OSi2/c1-75(2,3)52-38-39-79-71(45-52)82-63-32-25-37-69-72(63)73-64(82)47-58(48-70(73)85(69)67-35-22-20-33-65(67)84(13,14)66-34-21-23-36-68(66)85)83-57-29-24-28-56(46-57)80-49-81(62-31-19-18-30-61(62)80)74-59(50-26-16-15-17-27-50)43-55(78(10,11)12)44-60(74)51-40-53(76(4,5)6)42-54(41-51)77(7,8)9/h15-36,38-48,69H,37,49H2,1-14H3. The van der Waals surface area contributed by atoms with Gasteiger partial charge in [0.1, 0.15) is 32.1 Å². The molecule has 5 heterocycles. The van der Waals surface area contributed by atoms with Crippen molar-refractivity contribution in [1.29, 1.82) is 0 Å². The van der Waals surface area contributed by atoms with Crippen LogP contribution in [0.2, 0.25) is 13.1 Å². The minimum Gasteiger partial charge on any atom is -0.457 e. The fraction of sp³-hybridized carbons (Fsp3) is 0.269. The summed E-state index contributed by atoms with van der Waals surface area (Å²) in [5, 5.41) is 9.21. The van der Waals surface area contributed by atoms with Gasteiger partial charge in [-0.15, -0.1) is 0 Å². The summed E-state index contributed by atoms with van der Waals surface area (Å²) in [6, 6.07) is 69.7. The minimum atomic E-state index is -2.78. The van der Waals surface area contributed by atoms with E-state index >= 15 is 0 Å². The number of allylic oxidation sites excluding steroid dienone is 1. The summed E-state index contributed by atoms with van der Waals surface area (Å²) in [6.45, 7) is 33.7. The average molecular weight is 1150 g/mol. The smallest absolute Gasteiger partial charge is 0.156 e. The van der Waals surface area contributed by atoms with Crippen LogP contribution in [0, 0.1) is 0 Å². The van der Waals surface area contributed by atoms with Gasteiger partial charge in [-0.2, -0.15) is 0 Å². The van der Waals surface area contributed by atoms with E-state index in [4.69, 9.17) is 9.72 Å². The molecular formula is C78H80N4OSi2. The Labute approximate surface area is 506 Å². The Kier molecular flexibility index (Phi) is 12.5. The number of benzene rings is 8. The number of hydrogen-bond acceptors (Lipinski definition) is 4. The molecule has 8 aromatic carbocycles. The summed E-state index contributed by atoms with van der Waals surface area (Å²) in [5.41, 5.74) is 18.7. The maximum absolute atomic E-state index is 7.48. The summed E-state index contributed by atoms with van der Waals surface area (Å²) >= 11 is 0. The number of hydrogen-bond donors (Lipinski definition) is 0. The van der Waals surface area contributed by atoms with Crippen LogP contribution in [0.5, 0.6) is 11.5 Å². The van der Waals surface area contributed by atoms with Crippen molar-refractivity contribution in [3.63, 3.8) is 0 Å². The third-order valence-corrected chi connectivity index (χ3v) is 28.8. The molecule has 1 spiro atoms. The van der Waals surface area contributed by atoms with E-state index in [1.165, 1.54) is 83.2 Å². The molecule has 0 bridgehead atoms. The monoisotopic (exact) mass is 1140 g/mol. The molecule has 2 aromatic heterocycles. The molecule has 4 aliphatic rings. The first-order chi connectivity index (χ1) is 40.4. The van der Waals surface area contributed by atoms with Gasteiger partial charge in [-0.05, 0) is 149 Å². The number of anilines is 4. The summed E-state index contributed by atoms with van der Waals surface area (Å²) in [7, 11) is -4.85. The van der Waals surface area contributed by atoms with Crippen molar-refractivity contribution in [3.05, 3.63) is 228 Å². The van der Waals surface area contributed by atoms with E-state index in [0.717, 1.165) is 35.1 Å². The number of fused-ring (bicyclic) bond motifs is 7. The topological polar surface area (TPSA) is 33.5 Å². The lowest BCUT2D eigenvalue weighted by molar-refractivity contribution is 0.483. The van der Waals surface area contributed by atoms with Crippen LogP contribution in [0.4, 0.5) is 22.7 Å². The van der Waals surface area contributed by atoms with E-state index in [-0.39, 0.29) is 21.7 Å². The SMILES string of the molecule is CC(C)(C)c1cc(-c2cc(C(C)(C)C)cc(-c3ccccc3)c2N2CN(c3cccc(Oc4cc5c6c7c(n(-c8cc(C(C)(C)C)ccn8)c6c4)C=CCC7[Si]54c5ccccc5[Si](C)(C)c5ccccc54)c3)c3ccccc32)cc(C(C)(C)C)c1. The Balaban J connectivity index is 0.941. The molecule has 5 nitrogen and oxygen atoms in total. The van der Waals surface area contributed by atoms with Crippen LogP contribution in [0.1, 0.15) is 129 Å². The van der Waals surface area contributed by atoms with Gasteiger partial charge in [-0.1, -0.05) is 228 Å². The van der Waals surface area contributed by atoms with Crippen LogP contribution >= 0.6 is 0 Å². The summed E-state index contributed by atoms with van der Waals surface area (Å²) in [4.78, 5) is 10.3. The number of aromatic nitrogens is 2. The first kappa shape index (κ1) is 54.9. The second-order valence-electron chi connectivity index (χ2n) is 29.3. The Morgan fingerprint density at radius 2 is 1.05 bits per heavy atom. The van der Waals surface area contributed by atoms with Crippen LogP contribution in [-0.4, -0.2) is 32.4 Å². The van der Waals surface area contributed by atoms with Gasteiger partial charge in [0.2, 0.25) is 0 Å². The lowest BCUT2D eigenvalue weighted by Crippen LogP contribution is -2.84. The van der Waals surface area contributed by atoms with Crippen molar-refractivity contribution >= 4 is 81.8 Å². The molecule has 0 radical (unpaired) electrons. The molecule has 3 aliphatic heterocycles. The van der Waals surface area contributed by atoms with Crippen molar-refractivity contribution < 1.29 is 4.74 Å². The summed E-state index contributed by atoms with van der Waals surface area (Å²) in [6.07, 6.45) is 7.86. The Morgan fingerprint density at radius 3 is 1.67 bits per heavy atom. The quantitative estimate of drug-likeness (QED) is 0.149. The van der Waals surface area contributed by atoms with Crippen LogP contribution in [0.15, 0.2) is 194 Å². The van der Waals surface area contributed by atoms with Crippen LogP contribution in [-0.2, 0) is 21.7 Å². The van der Waals surface area contributed by atoms with Crippen LogP contribution < -0.4 is 40.5 Å². The minimum absolute atomic E-state index is 0.0474. The first-order valence-electron chi connectivity index (χ1n) is 30.8. The molecule has 1 unspecified atom stereocenters. The molecule has 0 saturated carbocycles. The summed E-state index contributed by atoms with van der Waals surface area (Å²) in [5.74, 6) is 2.60. The van der Waals surface area contributed by atoms with Gasteiger partial charge in [0.05, 0.1) is 28.3 Å². The van der Waals surface area contributed by atoms with Crippen molar-refractivity contribution in [2.75, 3.05) is 16.5 Å². The number of pyridine rings is 1. The predicted octanol–water partition coefficient (Wildman–Crippen LogP) is 17.2. The van der Waals surface area contributed by atoms with Gasteiger partial charge in [-0.3, -0.25) is 4.57 Å². The maximum Gasteiger partial charge on any atom is 0.156 e. The van der Waals surface area contributed by atoms with Gasteiger partial charge in [-0.25, -0.2) is 4.98 Å². The Bertz CT molecular complexity index is 4300. The predicted molar refractivity (Wildman–Crippen MR) is 366 cm³/mol. The van der Waals surface area contributed by atoms with Crippen molar-refractivity contribution in [2.45, 2.75) is 130 Å². The van der Waals surface area contributed by atoms with E-state index < -0.39 is 16.1 Å². The van der Waals surface area contributed by atoms with Gasteiger partial charge < -0.3 is 14.5 Å². The highest BCUT2D eigenvalue weighted by molar-refractivity contribution is 7.23. The zero-order chi connectivity index (χ0) is 59.3. The zero-order valence-electron chi connectivity index (χ0n) is 52.2. The average Bonchev–Trinajstić information content (AvgIpc) is 1.54. The van der Waals surface area contributed by atoms with E-state index in [2.05, 4.69) is 305 Å². The third-order valence-electron chi connectivity index (χ3n) is 19.4. The summed E-state index contributed by atoms with van der Waals surface area (Å²) < 4.78 is 9.94. The third kappa shape index (κ3) is 8.68. The lowest BCUT2D eigenvalue weighted by atomic mass is 9.77. The molecule has 1 atom stereocenters. The highest BCUT2D eigenvalue weighted by Gasteiger charge is 2.60. The molecule has 1 aliphatic carbocycles. The van der Waals surface area contributed by atoms with Gasteiger partial charge in [0, 0.05) is 40.5 Å². The van der Waals surface area contributed by atoms with Gasteiger partial charge in [0.25, 0.3) is 0 Å². The lowest BCUT2D eigenvalue weighted by Gasteiger charge is -2.47. The molecule has 10 aromatic rings. The van der Waals surface area contributed by atoms with E-state index in [0.29, 0.717) is 12.2 Å². The molecule has 0 N–H and O–H groups in total. The Hall–Kier alpha value is -7.98. The molecule has 85 heavy (non-hydrogen) atoms. The maximum atomic E-state index is 7.48. The molecule has 0 fully saturated rings. The molecule has 426 valence electrons. The van der Waals surface area contributed by atoms with E-state index in [9.17, 15) is 0 Å². The number of nitrogens with zero attached hydrogens (tertiary/aromatic N) is 4. The molecule has 0 saturated heterocycles. The van der Waals surface area contributed by atoms with E-state index in [1.54, 1.807) is 20.7 Å². The number of ether oxygens (including phenoxy) is 1. The number of para-hydroxylation sites is 2. The van der Waals surface area contributed by atoms with Gasteiger partial charge >= 0.3 is 0 Å². The molecule has 14 rings (SSSR count). The van der Waals surface area contributed by atoms with Crippen LogP contribution in [0.3, 0.4) is 0 Å². The molecule has 0 amide bonds. The second-order valence-corrected chi connectivity index (χ2v) is 37.5. The van der Waals surface area contributed by atoms with Crippen molar-refractivity contribution in [2.24, 2.45) is 0 Å². The fourth-order valence-corrected chi connectivity index (χ4v) is 26.7. The highest BCUT2D eigenvalue weighted by atomic mass is 28.3. The van der Waals surface area contributed by atoms with Crippen molar-refractivity contribution in [1.82, 2.24) is 9.55 Å². The molecule has 7 heteroatoms.